The van der Waals surface area contributed by atoms with E-state index in [0.717, 1.165) is 36.6 Å². The molecule has 0 N–H and O–H groups in total. The van der Waals surface area contributed by atoms with Crippen molar-refractivity contribution in [1.82, 2.24) is 14.8 Å². The molecule has 0 radical (unpaired) electrons. The van der Waals surface area contributed by atoms with Gasteiger partial charge in [0.25, 0.3) is 0 Å². The van der Waals surface area contributed by atoms with Crippen molar-refractivity contribution >= 4 is 28.3 Å². The zero-order valence-corrected chi connectivity index (χ0v) is 10.9. The van der Waals surface area contributed by atoms with Gasteiger partial charge in [0.1, 0.15) is 10.8 Å². The summed E-state index contributed by atoms with van der Waals surface area (Å²) in [5.41, 5.74) is 1.39. The van der Waals surface area contributed by atoms with Crippen LogP contribution in [0.25, 0.3) is 10.9 Å². The Kier molecular flexibility index (Phi) is 2.82. The summed E-state index contributed by atoms with van der Waals surface area (Å²) in [7, 11) is 1.82. The fraction of sp³-hybridized carbons (Fsp3) is 0.462. The Morgan fingerprint density at radius 2 is 2.17 bits per heavy atom. The van der Waals surface area contributed by atoms with Crippen molar-refractivity contribution in [2.45, 2.75) is 25.7 Å². The molecule has 0 aromatic carbocycles. The molecule has 0 bridgehead atoms. The summed E-state index contributed by atoms with van der Waals surface area (Å²) in [6.45, 7) is 0. The molecule has 0 saturated heterocycles. The largest absolute Gasteiger partial charge is 0.292 e. The summed E-state index contributed by atoms with van der Waals surface area (Å²) in [6, 6.07) is 1.73. The third-order valence-electron chi connectivity index (χ3n) is 3.66. The Bertz CT molecular complexity index is 614. The Morgan fingerprint density at radius 1 is 1.44 bits per heavy atom. The molecular weight excluding hydrogens is 250 g/mol. The summed E-state index contributed by atoms with van der Waals surface area (Å²) in [6.07, 6.45) is 5.91. The van der Waals surface area contributed by atoms with Crippen LogP contribution in [0.1, 0.15) is 36.2 Å². The first kappa shape index (κ1) is 11.7. The first-order valence-corrected chi connectivity index (χ1v) is 6.57. The van der Waals surface area contributed by atoms with Gasteiger partial charge >= 0.3 is 0 Å². The highest BCUT2D eigenvalue weighted by Crippen LogP contribution is 2.30. The Morgan fingerprint density at radius 3 is 2.89 bits per heavy atom. The van der Waals surface area contributed by atoms with E-state index >= 15 is 0 Å². The van der Waals surface area contributed by atoms with Gasteiger partial charge in [-0.05, 0) is 18.9 Å². The second kappa shape index (κ2) is 4.35. The lowest BCUT2D eigenvalue weighted by atomic mass is 9.98. The number of pyridine rings is 1. The molecule has 5 heteroatoms. The molecule has 0 spiro atoms. The van der Waals surface area contributed by atoms with Gasteiger partial charge in [-0.15, -0.1) is 0 Å². The second-order valence-corrected chi connectivity index (χ2v) is 5.23. The Hall–Kier alpha value is -1.42. The molecule has 0 unspecified atom stereocenters. The van der Waals surface area contributed by atoms with Crippen LogP contribution in [0.4, 0.5) is 0 Å². The summed E-state index contributed by atoms with van der Waals surface area (Å²) in [5, 5.41) is 5.56. The molecule has 0 atom stereocenters. The predicted octanol–water partition coefficient (Wildman–Crippen LogP) is 2.99. The van der Waals surface area contributed by atoms with Gasteiger partial charge in [-0.3, -0.25) is 9.48 Å². The zero-order valence-electron chi connectivity index (χ0n) is 10.2. The Balaban J connectivity index is 2.10. The normalized spacial score (nSPS) is 16.6. The minimum Gasteiger partial charge on any atom is -0.292 e. The highest BCUT2D eigenvalue weighted by Gasteiger charge is 2.27. The van der Waals surface area contributed by atoms with Crippen molar-refractivity contribution in [3.8, 4) is 0 Å². The number of Topliss-reactive ketones (excluding diaryl/α,β-unsaturated/α-hetero) is 1. The van der Waals surface area contributed by atoms with Crippen molar-refractivity contribution in [2.24, 2.45) is 13.0 Å². The highest BCUT2D eigenvalue weighted by molar-refractivity contribution is 6.30. The van der Waals surface area contributed by atoms with Crippen LogP contribution in [0.3, 0.4) is 0 Å². The lowest BCUT2D eigenvalue weighted by Crippen LogP contribution is -2.12. The van der Waals surface area contributed by atoms with E-state index in [9.17, 15) is 4.79 Å². The highest BCUT2D eigenvalue weighted by atomic mass is 35.5. The number of hydrogen-bond acceptors (Lipinski definition) is 3. The number of hydrogen-bond donors (Lipinski definition) is 0. The van der Waals surface area contributed by atoms with E-state index in [1.807, 2.05) is 7.05 Å². The molecule has 3 rings (SSSR count). The van der Waals surface area contributed by atoms with Crippen LogP contribution < -0.4 is 0 Å². The van der Waals surface area contributed by atoms with Crippen molar-refractivity contribution in [2.75, 3.05) is 0 Å². The molecule has 2 heterocycles. The maximum absolute atomic E-state index is 12.4. The summed E-state index contributed by atoms with van der Waals surface area (Å²) >= 11 is 5.90. The molecule has 0 amide bonds. The fourth-order valence-electron chi connectivity index (χ4n) is 2.69. The van der Waals surface area contributed by atoms with E-state index < -0.39 is 0 Å². The molecule has 2 aromatic heterocycles. The van der Waals surface area contributed by atoms with Gasteiger partial charge in [0.15, 0.2) is 5.78 Å². The van der Waals surface area contributed by atoms with Gasteiger partial charge < -0.3 is 0 Å². The van der Waals surface area contributed by atoms with Gasteiger partial charge in [0, 0.05) is 18.4 Å². The first-order chi connectivity index (χ1) is 8.66. The standard InChI is InChI=1S/C13H14ClN3O/c1-17-10-7-15-11(14)6-9(10)12(16-17)13(18)8-4-2-3-5-8/h6-8H,2-5H2,1H3. The third kappa shape index (κ3) is 1.81. The summed E-state index contributed by atoms with van der Waals surface area (Å²) in [4.78, 5) is 16.5. The molecule has 18 heavy (non-hydrogen) atoms. The molecule has 1 fully saturated rings. The lowest BCUT2D eigenvalue weighted by Gasteiger charge is -2.04. The predicted molar refractivity (Wildman–Crippen MR) is 69.8 cm³/mol. The van der Waals surface area contributed by atoms with E-state index in [4.69, 9.17) is 11.6 Å². The lowest BCUT2D eigenvalue weighted by molar-refractivity contribution is 0.0918. The van der Waals surface area contributed by atoms with E-state index in [-0.39, 0.29) is 11.7 Å². The van der Waals surface area contributed by atoms with Crippen molar-refractivity contribution in [3.05, 3.63) is 23.1 Å². The second-order valence-electron chi connectivity index (χ2n) is 4.84. The molecule has 1 saturated carbocycles. The van der Waals surface area contributed by atoms with Crippen LogP contribution in [0.5, 0.6) is 0 Å². The van der Waals surface area contributed by atoms with Gasteiger partial charge in [-0.2, -0.15) is 5.10 Å². The number of halogens is 1. The maximum Gasteiger partial charge on any atom is 0.186 e. The van der Waals surface area contributed by atoms with Crippen molar-refractivity contribution < 1.29 is 4.79 Å². The van der Waals surface area contributed by atoms with E-state index in [1.165, 1.54) is 0 Å². The average molecular weight is 264 g/mol. The van der Waals surface area contributed by atoms with Gasteiger partial charge in [-0.1, -0.05) is 24.4 Å². The van der Waals surface area contributed by atoms with Crippen LogP contribution in [-0.2, 0) is 7.05 Å². The number of nitrogens with zero attached hydrogens (tertiary/aromatic N) is 3. The Labute approximate surface area is 110 Å². The number of aromatic nitrogens is 3. The number of aryl methyl sites for hydroxylation is 1. The molecular formula is C13H14ClN3O. The fourth-order valence-corrected chi connectivity index (χ4v) is 2.85. The topological polar surface area (TPSA) is 47.8 Å². The molecule has 2 aromatic rings. The SMILES string of the molecule is Cn1nc(C(=O)C2CCCC2)c2cc(Cl)ncc21. The molecule has 4 nitrogen and oxygen atoms in total. The van der Waals surface area contributed by atoms with Crippen molar-refractivity contribution in [1.29, 1.82) is 0 Å². The van der Waals surface area contributed by atoms with Gasteiger partial charge in [-0.25, -0.2) is 4.98 Å². The van der Waals surface area contributed by atoms with Crippen LogP contribution in [0.2, 0.25) is 5.15 Å². The average Bonchev–Trinajstić information content (AvgIpc) is 2.97. The van der Waals surface area contributed by atoms with Gasteiger partial charge in [0.2, 0.25) is 0 Å². The van der Waals surface area contributed by atoms with Crippen LogP contribution in [0, 0.1) is 5.92 Å². The quantitative estimate of drug-likeness (QED) is 0.618. The van der Waals surface area contributed by atoms with E-state index in [1.54, 1.807) is 16.9 Å². The number of rotatable bonds is 2. The molecule has 1 aliphatic carbocycles. The zero-order chi connectivity index (χ0) is 12.7. The minimum atomic E-state index is 0.134. The third-order valence-corrected chi connectivity index (χ3v) is 3.87. The molecule has 94 valence electrons. The monoisotopic (exact) mass is 263 g/mol. The molecule has 0 aliphatic heterocycles. The smallest absolute Gasteiger partial charge is 0.186 e. The minimum absolute atomic E-state index is 0.134. The number of carbonyl (C=O) groups excluding carboxylic acids is 1. The maximum atomic E-state index is 12.4. The van der Waals surface area contributed by atoms with Crippen LogP contribution in [-0.4, -0.2) is 20.5 Å². The van der Waals surface area contributed by atoms with E-state index in [2.05, 4.69) is 10.1 Å². The van der Waals surface area contributed by atoms with Gasteiger partial charge in [0.05, 0.1) is 11.7 Å². The number of ketones is 1. The molecule has 1 aliphatic rings. The van der Waals surface area contributed by atoms with Crippen LogP contribution in [0.15, 0.2) is 12.3 Å². The first-order valence-electron chi connectivity index (χ1n) is 6.19. The number of carbonyl (C=O) groups is 1. The number of fused-ring (bicyclic) bond motifs is 1. The summed E-state index contributed by atoms with van der Waals surface area (Å²) in [5.74, 6) is 0.287. The van der Waals surface area contributed by atoms with E-state index in [0.29, 0.717) is 10.8 Å². The van der Waals surface area contributed by atoms with Crippen LogP contribution >= 0.6 is 11.6 Å². The summed E-state index contributed by atoms with van der Waals surface area (Å²) < 4.78 is 1.70. The van der Waals surface area contributed by atoms with Crippen molar-refractivity contribution in [3.63, 3.8) is 0 Å².